The molecule has 1 rings (SSSR count). The summed E-state index contributed by atoms with van der Waals surface area (Å²) in [5.41, 5.74) is 5.34. The van der Waals surface area contributed by atoms with Gasteiger partial charge in [-0.2, -0.15) is 8.78 Å². The third kappa shape index (κ3) is 7.37. The number of nitrogens with two attached hydrogens (primary N) is 1. The molecule has 0 radical (unpaired) electrons. The van der Waals surface area contributed by atoms with Crippen LogP contribution in [0.2, 0.25) is 0 Å². The van der Waals surface area contributed by atoms with Gasteiger partial charge in [0.05, 0.1) is 13.1 Å². The molecule has 0 fully saturated rings. The lowest BCUT2D eigenvalue weighted by Gasteiger charge is -2.17. The first-order chi connectivity index (χ1) is 13.7. The van der Waals surface area contributed by atoms with Gasteiger partial charge in [-0.25, -0.2) is 8.78 Å². The van der Waals surface area contributed by atoms with Crippen LogP contribution in [0, 0.1) is 23.3 Å². The second-order valence-corrected chi connectivity index (χ2v) is 5.54. The molecular weight excluding hydrogens is 404 g/mol. The van der Waals surface area contributed by atoms with Gasteiger partial charge < -0.3 is 26.4 Å². The van der Waals surface area contributed by atoms with E-state index >= 15 is 0 Å². The van der Waals surface area contributed by atoms with Gasteiger partial charge in [-0.15, -0.1) is 0 Å². The van der Waals surface area contributed by atoms with Crippen LogP contribution >= 0.6 is 0 Å². The van der Waals surface area contributed by atoms with Crippen LogP contribution in [-0.4, -0.2) is 56.3 Å². The Morgan fingerprint density at radius 2 is 1.72 bits per heavy atom. The number of carbonyl (C=O) groups excluding carboxylic acids is 4. The van der Waals surface area contributed by atoms with Crippen molar-refractivity contribution < 1.29 is 41.5 Å². The van der Waals surface area contributed by atoms with E-state index in [0.29, 0.717) is 0 Å². The van der Waals surface area contributed by atoms with Crippen LogP contribution in [0.4, 0.5) is 17.6 Å². The van der Waals surface area contributed by atoms with Gasteiger partial charge in [-0.1, -0.05) is 0 Å². The molecule has 0 bridgehead atoms. The molecule has 29 heavy (non-hydrogen) atoms. The molecule has 0 aliphatic heterocycles. The van der Waals surface area contributed by atoms with Crippen LogP contribution < -0.4 is 26.4 Å². The molecule has 1 aromatic rings. The minimum Gasteiger partial charge on any atom is -0.479 e. The zero-order chi connectivity index (χ0) is 22.0. The minimum atomic E-state index is -1.81. The quantitative estimate of drug-likeness (QED) is 0.191. The number of halogens is 4. The average Bonchev–Trinajstić information content (AvgIpc) is 2.68. The maximum atomic E-state index is 13.4. The Hall–Kier alpha value is -3.22. The van der Waals surface area contributed by atoms with Crippen molar-refractivity contribution in [2.45, 2.75) is 12.5 Å². The van der Waals surface area contributed by atoms with Crippen molar-refractivity contribution in [3.63, 3.8) is 0 Å². The summed E-state index contributed by atoms with van der Waals surface area (Å²) in [5, 5.41) is 6.53. The highest BCUT2D eigenvalue weighted by Gasteiger charge is 2.23. The van der Waals surface area contributed by atoms with E-state index in [2.05, 4.69) is 20.7 Å². The van der Waals surface area contributed by atoms with Gasteiger partial charge in [-0.3, -0.25) is 19.2 Å². The van der Waals surface area contributed by atoms with Crippen molar-refractivity contribution in [2.75, 3.05) is 26.2 Å². The Labute approximate surface area is 161 Å². The van der Waals surface area contributed by atoms with E-state index in [0.717, 1.165) is 0 Å². The zero-order valence-electron chi connectivity index (χ0n) is 14.9. The highest BCUT2D eigenvalue weighted by atomic mass is 19.2. The monoisotopic (exact) mass is 422 g/mol. The van der Waals surface area contributed by atoms with E-state index in [4.69, 9.17) is 5.73 Å². The molecule has 5 N–H and O–H groups in total. The molecule has 0 spiro atoms. The smallest absolute Gasteiger partial charge is 0.242 e. The van der Waals surface area contributed by atoms with E-state index in [-0.39, 0.29) is 32.0 Å². The molecule has 3 amide bonds. The SMILES string of the molecule is NCCC(NC(=O)CNC=O)C(=O)NCC(=O)COc1c(F)c(F)cc(F)c1F. The van der Waals surface area contributed by atoms with Crippen molar-refractivity contribution in [3.8, 4) is 5.75 Å². The van der Waals surface area contributed by atoms with Crippen LogP contribution in [0.3, 0.4) is 0 Å². The normalized spacial score (nSPS) is 11.3. The number of hydrogen-bond donors (Lipinski definition) is 4. The molecule has 0 aliphatic carbocycles. The first kappa shape index (κ1) is 23.8. The number of ether oxygens (including phenoxy) is 1. The highest BCUT2D eigenvalue weighted by molar-refractivity contribution is 5.92. The fourth-order valence-corrected chi connectivity index (χ4v) is 2.01. The molecule has 0 saturated heterocycles. The summed E-state index contributed by atoms with van der Waals surface area (Å²) in [4.78, 5) is 45.4. The Bertz CT molecular complexity index is 752. The fraction of sp³-hybridized carbons (Fsp3) is 0.375. The summed E-state index contributed by atoms with van der Waals surface area (Å²) < 4.78 is 57.5. The fourth-order valence-electron chi connectivity index (χ4n) is 2.01. The molecule has 0 saturated carbocycles. The molecule has 1 aromatic carbocycles. The summed E-state index contributed by atoms with van der Waals surface area (Å²) in [6.45, 7) is -2.02. The van der Waals surface area contributed by atoms with Gasteiger partial charge >= 0.3 is 0 Å². The molecule has 1 atom stereocenters. The molecular formula is C16H18F4N4O5. The Morgan fingerprint density at radius 1 is 1.10 bits per heavy atom. The summed E-state index contributed by atoms with van der Waals surface area (Å²) in [6.07, 6.45) is 0.300. The number of Topliss-reactive ketones (excluding diaryl/α,β-unsaturated/α-hetero) is 1. The predicted molar refractivity (Wildman–Crippen MR) is 89.5 cm³/mol. The van der Waals surface area contributed by atoms with E-state index < -0.39 is 65.8 Å². The standard InChI is InChI=1S/C16H18F4N4O5/c17-9-3-10(18)14(20)15(13(9)19)29-6-8(26)4-23-16(28)11(1-2-21)24-12(27)5-22-7-25/h3,7,11H,1-2,4-6,21H2,(H,22,25)(H,23,28)(H,24,27). The van der Waals surface area contributed by atoms with Gasteiger partial charge in [0.15, 0.2) is 23.2 Å². The minimum absolute atomic E-state index is 0.0141. The van der Waals surface area contributed by atoms with E-state index in [1.807, 2.05) is 0 Å². The number of ketones is 1. The first-order valence-corrected chi connectivity index (χ1v) is 8.12. The van der Waals surface area contributed by atoms with Gasteiger partial charge in [-0.05, 0) is 13.0 Å². The van der Waals surface area contributed by atoms with Gasteiger partial charge in [0.1, 0.15) is 12.6 Å². The summed E-state index contributed by atoms with van der Waals surface area (Å²) >= 11 is 0. The number of hydrogen-bond acceptors (Lipinski definition) is 6. The molecule has 160 valence electrons. The lowest BCUT2D eigenvalue weighted by Crippen LogP contribution is -2.50. The van der Waals surface area contributed by atoms with E-state index in [1.165, 1.54) is 0 Å². The van der Waals surface area contributed by atoms with Crippen molar-refractivity contribution in [2.24, 2.45) is 5.73 Å². The Morgan fingerprint density at radius 3 is 2.28 bits per heavy atom. The summed E-state index contributed by atoms with van der Waals surface area (Å²) in [6, 6.07) is -1.13. The predicted octanol–water partition coefficient (Wildman–Crippen LogP) is -1.11. The number of rotatable bonds is 12. The van der Waals surface area contributed by atoms with Crippen molar-refractivity contribution in [1.82, 2.24) is 16.0 Å². The number of amides is 3. The molecule has 0 heterocycles. The molecule has 1 unspecified atom stereocenters. The molecule has 9 nitrogen and oxygen atoms in total. The van der Waals surface area contributed by atoms with E-state index in [1.54, 1.807) is 0 Å². The topological polar surface area (TPSA) is 140 Å². The van der Waals surface area contributed by atoms with Crippen LogP contribution in [0.25, 0.3) is 0 Å². The number of carbonyl (C=O) groups is 4. The van der Waals surface area contributed by atoms with Gasteiger partial charge in [0, 0.05) is 6.07 Å². The van der Waals surface area contributed by atoms with E-state index in [9.17, 15) is 36.7 Å². The number of benzene rings is 1. The van der Waals surface area contributed by atoms with Gasteiger partial charge in [0.2, 0.25) is 29.9 Å². The third-order valence-corrected chi connectivity index (χ3v) is 3.36. The van der Waals surface area contributed by atoms with Crippen molar-refractivity contribution in [1.29, 1.82) is 0 Å². The molecule has 13 heteroatoms. The zero-order valence-corrected chi connectivity index (χ0v) is 14.9. The average molecular weight is 422 g/mol. The van der Waals surface area contributed by atoms with Crippen LogP contribution in [-0.2, 0) is 19.2 Å². The largest absolute Gasteiger partial charge is 0.479 e. The summed E-state index contributed by atoms with van der Waals surface area (Å²) in [7, 11) is 0. The van der Waals surface area contributed by atoms with Gasteiger partial charge in [0.25, 0.3) is 0 Å². The lowest BCUT2D eigenvalue weighted by atomic mass is 10.2. The highest BCUT2D eigenvalue weighted by Crippen LogP contribution is 2.26. The Balaban J connectivity index is 2.59. The number of nitrogens with one attached hydrogen (secondary N) is 3. The molecule has 0 aromatic heterocycles. The first-order valence-electron chi connectivity index (χ1n) is 8.12. The van der Waals surface area contributed by atoms with Crippen LogP contribution in [0.15, 0.2) is 6.07 Å². The van der Waals surface area contributed by atoms with Crippen molar-refractivity contribution >= 4 is 24.0 Å². The maximum Gasteiger partial charge on any atom is 0.242 e. The third-order valence-electron chi connectivity index (χ3n) is 3.36. The van der Waals surface area contributed by atoms with Crippen LogP contribution in [0.1, 0.15) is 6.42 Å². The van der Waals surface area contributed by atoms with Crippen molar-refractivity contribution in [3.05, 3.63) is 29.3 Å². The summed E-state index contributed by atoms with van der Waals surface area (Å²) in [5.74, 6) is -10.8. The van der Waals surface area contributed by atoms with Crippen LogP contribution in [0.5, 0.6) is 5.75 Å². The second-order valence-electron chi connectivity index (χ2n) is 5.54. The molecule has 0 aliphatic rings. The lowest BCUT2D eigenvalue weighted by molar-refractivity contribution is -0.130. The second kappa shape index (κ2) is 11.6. The Kier molecular flexibility index (Phi) is 9.51. The maximum absolute atomic E-state index is 13.4.